The van der Waals surface area contributed by atoms with Gasteiger partial charge in [-0.25, -0.2) is 11.0 Å². The van der Waals surface area contributed by atoms with Gasteiger partial charge in [-0.05, 0) is 13.3 Å². The van der Waals surface area contributed by atoms with Crippen molar-refractivity contribution in [3.63, 3.8) is 0 Å². The number of nitrogens with two attached hydrogens (primary N) is 1. The fourth-order valence-electron chi connectivity index (χ4n) is 1.51. The van der Waals surface area contributed by atoms with Gasteiger partial charge in [-0.3, -0.25) is 0 Å². The molecule has 1 aliphatic heterocycles. The third-order valence-electron chi connectivity index (χ3n) is 2.08. The summed E-state index contributed by atoms with van der Waals surface area (Å²) in [5.74, 6) is 5.63. The largest absolute Gasteiger partial charge is 0.230 e. The highest BCUT2D eigenvalue weighted by molar-refractivity contribution is 6.01. The molecular formula is C8H11N3. The minimum absolute atomic E-state index is 0.198. The van der Waals surface area contributed by atoms with Gasteiger partial charge in [0.25, 0.3) is 0 Å². The minimum atomic E-state index is 0.198. The molecule has 3 heteroatoms. The summed E-state index contributed by atoms with van der Waals surface area (Å²) >= 11 is 0. The number of fused-ring (bicyclic) bond motifs is 1. The molecule has 2 rings (SSSR count). The second kappa shape index (κ2) is 2.20. The van der Waals surface area contributed by atoms with Crippen LogP contribution in [-0.2, 0) is 0 Å². The molecule has 1 unspecified atom stereocenters. The van der Waals surface area contributed by atoms with Crippen molar-refractivity contribution in [2.75, 3.05) is 0 Å². The second-order valence-electron chi connectivity index (χ2n) is 2.83. The van der Waals surface area contributed by atoms with Gasteiger partial charge in [0.1, 0.15) is 6.04 Å². The van der Waals surface area contributed by atoms with Crippen LogP contribution in [0.3, 0.4) is 0 Å². The summed E-state index contributed by atoms with van der Waals surface area (Å²) in [6.45, 7) is 1.99. The molecule has 3 nitrogen and oxygen atoms in total. The lowest BCUT2D eigenvalue weighted by molar-refractivity contribution is 0.294. The first-order chi connectivity index (χ1) is 5.29. The zero-order chi connectivity index (χ0) is 7.84. The van der Waals surface area contributed by atoms with Crippen LogP contribution in [0.4, 0.5) is 0 Å². The molecule has 0 aromatic carbocycles. The van der Waals surface area contributed by atoms with E-state index in [0.29, 0.717) is 0 Å². The van der Waals surface area contributed by atoms with Crippen LogP contribution in [0.5, 0.6) is 0 Å². The Kier molecular flexibility index (Phi) is 1.32. The summed E-state index contributed by atoms with van der Waals surface area (Å²) in [7, 11) is 0. The summed E-state index contributed by atoms with van der Waals surface area (Å²) < 4.78 is 0. The van der Waals surface area contributed by atoms with Gasteiger partial charge in [-0.15, -0.1) is 0 Å². The molecule has 1 atom stereocenters. The molecule has 0 radical (unpaired) electrons. The maximum absolute atomic E-state index is 5.63. The molecule has 2 N–H and O–H groups in total. The van der Waals surface area contributed by atoms with E-state index in [1.807, 2.05) is 6.92 Å². The number of hydrazone groups is 1. The van der Waals surface area contributed by atoms with Crippen LogP contribution in [0, 0.1) is 0 Å². The Labute approximate surface area is 65.8 Å². The number of hydrazine groups is 1. The van der Waals surface area contributed by atoms with Gasteiger partial charge in [0.15, 0.2) is 0 Å². The average molecular weight is 149 g/mol. The van der Waals surface area contributed by atoms with Crippen molar-refractivity contribution in [3.8, 4) is 0 Å². The van der Waals surface area contributed by atoms with Gasteiger partial charge < -0.3 is 0 Å². The standard InChI is InChI=1S/C8H11N3/c1-6-7-4-2-3-5-8(7)11(9)10-6/h3-5,8H,2,9H2,1H3. The maximum atomic E-state index is 5.63. The van der Waals surface area contributed by atoms with E-state index in [0.717, 1.165) is 12.1 Å². The molecule has 0 aromatic heterocycles. The Morgan fingerprint density at radius 1 is 1.73 bits per heavy atom. The van der Waals surface area contributed by atoms with Crippen molar-refractivity contribution >= 4 is 5.71 Å². The van der Waals surface area contributed by atoms with Crippen molar-refractivity contribution in [1.29, 1.82) is 0 Å². The minimum Gasteiger partial charge on any atom is -0.230 e. The molecule has 1 heterocycles. The number of hydrogen-bond acceptors (Lipinski definition) is 3. The predicted molar refractivity (Wildman–Crippen MR) is 44.8 cm³/mol. The van der Waals surface area contributed by atoms with Crippen LogP contribution >= 0.6 is 0 Å². The molecule has 0 bridgehead atoms. The van der Waals surface area contributed by atoms with E-state index in [4.69, 9.17) is 5.84 Å². The summed E-state index contributed by atoms with van der Waals surface area (Å²) in [4.78, 5) is 0. The van der Waals surface area contributed by atoms with Crippen molar-refractivity contribution in [1.82, 2.24) is 5.12 Å². The smallest absolute Gasteiger partial charge is 0.109 e. The normalized spacial score (nSPS) is 28.2. The highest BCUT2D eigenvalue weighted by atomic mass is 15.7. The van der Waals surface area contributed by atoms with Gasteiger partial charge in [0.2, 0.25) is 0 Å². The van der Waals surface area contributed by atoms with Crippen molar-refractivity contribution < 1.29 is 0 Å². The molecule has 1 aliphatic carbocycles. The highest BCUT2D eigenvalue weighted by Crippen LogP contribution is 2.23. The molecule has 0 saturated carbocycles. The third kappa shape index (κ3) is 0.886. The van der Waals surface area contributed by atoms with E-state index in [1.165, 1.54) is 10.7 Å². The van der Waals surface area contributed by atoms with Gasteiger partial charge in [-0.1, -0.05) is 18.2 Å². The Morgan fingerprint density at radius 2 is 2.55 bits per heavy atom. The zero-order valence-corrected chi connectivity index (χ0v) is 6.49. The van der Waals surface area contributed by atoms with Gasteiger partial charge in [0.05, 0.1) is 5.71 Å². The quantitative estimate of drug-likeness (QED) is 0.409. The zero-order valence-electron chi connectivity index (χ0n) is 6.49. The molecule has 0 amide bonds. The number of hydrogen-bond donors (Lipinski definition) is 1. The van der Waals surface area contributed by atoms with Crippen LogP contribution in [-0.4, -0.2) is 16.9 Å². The monoisotopic (exact) mass is 149 g/mol. The Balaban J connectivity index is 2.36. The van der Waals surface area contributed by atoms with Crippen LogP contribution in [0.2, 0.25) is 0 Å². The van der Waals surface area contributed by atoms with Crippen LogP contribution < -0.4 is 5.84 Å². The van der Waals surface area contributed by atoms with Crippen molar-refractivity contribution in [3.05, 3.63) is 23.8 Å². The van der Waals surface area contributed by atoms with Crippen molar-refractivity contribution in [2.24, 2.45) is 10.9 Å². The van der Waals surface area contributed by atoms with Gasteiger partial charge in [0, 0.05) is 5.57 Å². The van der Waals surface area contributed by atoms with Crippen LogP contribution in [0.25, 0.3) is 0 Å². The van der Waals surface area contributed by atoms with E-state index in [1.54, 1.807) is 0 Å². The molecule has 11 heavy (non-hydrogen) atoms. The lowest BCUT2D eigenvalue weighted by Gasteiger charge is -2.17. The second-order valence-corrected chi connectivity index (χ2v) is 2.83. The van der Waals surface area contributed by atoms with E-state index in [-0.39, 0.29) is 6.04 Å². The Morgan fingerprint density at radius 3 is 3.27 bits per heavy atom. The molecule has 0 spiro atoms. The van der Waals surface area contributed by atoms with E-state index < -0.39 is 0 Å². The SMILES string of the molecule is CC1=NN(N)C2C=CCC=C12. The molecule has 58 valence electrons. The first kappa shape index (κ1) is 6.61. The topological polar surface area (TPSA) is 41.6 Å². The fraction of sp³-hybridized carbons (Fsp3) is 0.375. The summed E-state index contributed by atoms with van der Waals surface area (Å²) in [5, 5.41) is 5.65. The molecule has 2 aliphatic rings. The molecule has 0 aromatic rings. The summed E-state index contributed by atoms with van der Waals surface area (Å²) in [5.41, 5.74) is 2.30. The van der Waals surface area contributed by atoms with Crippen LogP contribution in [0.15, 0.2) is 28.9 Å². The van der Waals surface area contributed by atoms with E-state index >= 15 is 0 Å². The summed E-state index contributed by atoms with van der Waals surface area (Å²) in [6.07, 6.45) is 7.39. The fourth-order valence-corrected chi connectivity index (χ4v) is 1.51. The molecule has 0 fully saturated rings. The average Bonchev–Trinajstić information content (AvgIpc) is 2.30. The van der Waals surface area contributed by atoms with Gasteiger partial charge in [-0.2, -0.15) is 5.10 Å². The molecular weight excluding hydrogens is 138 g/mol. The summed E-state index contributed by atoms with van der Waals surface area (Å²) in [6, 6.07) is 0.198. The van der Waals surface area contributed by atoms with Crippen LogP contribution in [0.1, 0.15) is 13.3 Å². The first-order valence-corrected chi connectivity index (χ1v) is 3.75. The Bertz CT molecular complexity index is 263. The van der Waals surface area contributed by atoms with E-state index in [2.05, 4.69) is 23.3 Å². The lowest BCUT2D eigenvalue weighted by Crippen LogP contribution is -2.32. The van der Waals surface area contributed by atoms with Gasteiger partial charge >= 0.3 is 0 Å². The lowest BCUT2D eigenvalue weighted by atomic mass is 9.99. The number of allylic oxidation sites excluding steroid dienone is 2. The number of nitrogens with zero attached hydrogens (tertiary/aromatic N) is 2. The molecule has 0 saturated heterocycles. The highest BCUT2D eigenvalue weighted by Gasteiger charge is 2.26. The third-order valence-corrected chi connectivity index (χ3v) is 2.08. The van der Waals surface area contributed by atoms with E-state index in [9.17, 15) is 0 Å². The first-order valence-electron chi connectivity index (χ1n) is 3.75. The van der Waals surface area contributed by atoms with Crippen molar-refractivity contribution in [2.45, 2.75) is 19.4 Å². The maximum Gasteiger partial charge on any atom is 0.109 e. The predicted octanol–water partition coefficient (Wildman–Crippen LogP) is 0.807. The number of rotatable bonds is 0. The Hall–Kier alpha value is -1.09.